The highest BCUT2D eigenvalue weighted by Gasteiger charge is 2.42. The number of nitrogens with zero attached hydrogens (tertiary/aromatic N) is 5. The summed E-state index contributed by atoms with van der Waals surface area (Å²) in [6.07, 6.45) is 3.81. The summed E-state index contributed by atoms with van der Waals surface area (Å²) in [6.45, 7) is 9.52. The molecule has 0 bridgehead atoms. The van der Waals surface area contributed by atoms with Crippen molar-refractivity contribution in [2.24, 2.45) is 0 Å². The van der Waals surface area contributed by atoms with Gasteiger partial charge in [-0.15, -0.1) is 0 Å². The van der Waals surface area contributed by atoms with Crippen LogP contribution in [-0.2, 0) is 10.8 Å². The molecule has 51 heavy (non-hydrogen) atoms. The Morgan fingerprint density at radius 3 is 1.88 bits per heavy atom. The molecule has 2 aliphatic heterocycles. The molecule has 0 saturated heterocycles. The number of rotatable bonds is 2. The van der Waals surface area contributed by atoms with E-state index in [2.05, 4.69) is 163 Å². The van der Waals surface area contributed by atoms with Crippen molar-refractivity contribution in [1.82, 2.24) is 19.1 Å². The van der Waals surface area contributed by atoms with Gasteiger partial charge in [-0.25, -0.2) is 9.97 Å². The van der Waals surface area contributed by atoms with Crippen LogP contribution in [0.4, 0.5) is 17.1 Å². The Labute approximate surface area is 296 Å². The quantitative estimate of drug-likeness (QED) is 0.186. The van der Waals surface area contributed by atoms with E-state index in [0.29, 0.717) is 0 Å². The van der Waals surface area contributed by atoms with Crippen molar-refractivity contribution >= 4 is 60.9 Å². The molecule has 4 aromatic heterocycles. The highest BCUT2D eigenvalue weighted by molar-refractivity contribution is 6.11. The molecule has 0 unspecified atom stereocenters. The summed E-state index contributed by atoms with van der Waals surface area (Å²) in [6, 6.07) is 46.7. The van der Waals surface area contributed by atoms with Crippen molar-refractivity contribution in [1.29, 1.82) is 0 Å². The lowest BCUT2D eigenvalue weighted by Gasteiger charge is -2.44. The highest BCUT2D eigenvalue weighted by atomic mass is 15.2. The summed E-state index contributed by atoms with van der Waals surface area (Å²) in [5.41, 5.74) is 15.0. The topological polar surface area (TPSA) is 38.9 Å². The Kier molecular flexibility index (Phi) is 5.46. The molecular weight excluding hydrogens is 623 g/mol. The van der Waals surface area contributed by atoms with Gasteiger partial charge in [0.05, 0.1) is 28.1 Å². The van der Waals surface area contributed by atoms with E-state index in [1.807, 2.05) is 18.5 Å². The van der Waals surface area contributed by atoms with Gasteiger partial charge in [0.15, 0.2) is 0 Å². The van der Waals surface area contributed by atoms with Gasteiger partial charge in [-0.05, 0) is 89.0 Å². The molecule has 5 nitrogen and oxygen atoms in total. The molecule has 0 saturated carbocycles. The van der Waals surface area contributed by atoms with Crippen LogP contribution in [0.3, 0.4) is 0 Å². The number of pyridine rings is 2. The Bertz CT molecular complexity index is 2890. The maximum atomic E-state index is 5.00. The van der Waals surface area contributed by atoms with E-state index in [0.717, 1.165) is 33.6 Å². The van der Waals surface area contributed by atoms with Crippen molar-refractivity contribution in [3.8, 4) is 11.4 Å². The minimum absolute atomic E-state index is 0.213. The van der Waals surface area contributed by atoms with Crippen molar-refractivity contribution in [3.63, 3.8) is 0 Å². The Hall–Kier alpha value is -6.20. The third-order valence-electron chi connectivity index (χ3n) is 11.8. The van der Waals surface area contributed by atoms with E-state index in [1.165, 1.54) is 61.0 Å². The van der Waals surface area contributed by atoms with Crippen molar-refractivity contribution in [2.45, 2.75) is 38.5 Å². The third kappa shape index (κ3) is 3.60. The Morgan fingerprint density at radius 2 is 1.04 bits per heavy atom. The van der Waals surface area contributed by atoms with Gasteiger partial charge in [-0.1, -0.05) is 88.4 Å². The van der Waals surface area contributed by atoms with Crippen LogP contribution in [0.2, 0.25) is 0 Å². The van der Waals surface area contributed by atoms with E-state index in [9.17, 15) is 0 Å². The molecule has 5 heteroatoms. The van der Waals surface area contributed by atoms with Gasteiger partial charge < -0.3 is 4.90 Å². The fraction of sp³-hybridized carbons (Fsp3) is 0.130. The van der Waals surface area contributed by atoms with Crippen molar-refractivity contribution in [2.75, 3.05) is 4.90 Å². The second-order valence-corrected chi connectivity index (χ2v) is 15.1. The minimum atomic E-state index is -0.231. The number of anilines is 3. The van der Waals surface area contributed by atoms with Crippen LogP contribution in [-0.4, -0.2) is 19.1 Å². The number of hydrogen-bond acceptors (Lipinski definition) is 3. The molecule has 0 spiro atoms. The molecule has 0 aliphatic carbocycles. The lowest BCUT2D eigenvalue weighted by Crippen LogP contribution is -2.33. The lowest BCUT2D eigenvalue weighted by molar-refractivity contribution is 0.606. The molecule has 6 heterocycles. The molecule has 0 N–H and O–H groups in total. The molecule has 2 aliphatic rings. The minimum Gasteiger partial charge on any atom is -0.310 e. The first-order valence-electron chi connectivity index (χ1n) is 17.8. The van der Waals surface area contributed by atoms with Gasteiger partial charge in [0.25, 0.3) is 0 Å². The molecule has 0 radical (unpaired) electrons. The summed E-state index contributed by atoms with van der Waals surface area (Å²) in [7, 11) is 0. The number of fused-ring (bicyclic) bond motifs is 10. The predicted octanol–water partition coefficient (Wildman–Crippen LogP) is 11.4. The van der Waals surface area contributed by atoms with Crippen molar-refractivity contribution in [3.05, 3.63) is 162 Å². The average Bonchev–Trinajstić information content (AvgIpc) is 3.67. The molecule has 0 atom stereocenters. The van der Waals surface area contributed by atoms with Crippen LogP contribution >= 0.6 is 0 Å². The molecule has 9 aromatic rings. The summed E-state index contributed by atoms with van der Waals surface area (Å²) < 4.78 is 4.72. The second kappa shape index (κ2) is 9.73. The van der Waals surface area contributed by atoms with Crippen molar-refractivity contribution < 1.29 is 0 Å². The number of benzene rings is 5. The van der Waals surface area contributed by atoms with Gasteiger partial charge >= 0.3 is 0 Å². The highest BCUT2D eigenvalue weighted by Crippen LogP contribution is 2.56. The summed E-state index contributed by atoms with van der Waals surface area (Å²) >= 11 is 0. The molecule has 11 rings (SSSR count). The zero-order chi connectivity index (χ0) is 34.2. The summed E-state index contributed by atoms with van der Waals surface area (Å²) in [5, 5.41) is 4.80. The van der Waals surface area contributed by atoms with E-state index in [-0.39, 0.29) is 10.8 Å². The lowest BCUT2D eigenvalue weighted by atomic mass is 9.69. The molecule has 5 aromatic carbocycles. The monoisotopic (exact) mass is 657 g/mol. The van der Waals surface area contributed by atoms with E-state index in [1.54, 1.807) is 0 Å². The number of aromatic nitrogens is 4. The largest absolute Gasteiger partial charge is 0.310 e. The van der Waals surface area contributed by atoms with Gasteiger partial charge in [0, 0.05) is 56.1 Å². The second-order valence-electron chi connectivity index (χ2n) is 15.1. The van der Waals surface area contributed by atoms with Crippen LogP contribution in [0.25, 0.3) is 55.2 Å². The van der Waals surface area contributed by atoms with Gasteiger partial charge in [0.2, 0.25) is 0 Å². The van der Waals surface area contributed by atoms with Gasteiger partial charge in [-0.3, -0.25) is 9.13 Å². The normalized spacial score (nSPS) is 15.3. The van der Waals surface area contributed by atoms with Crippen LogP contribution in [0.1, 0.15) is 49.9 Å². The first-order valence-corrected chi connectivity index (χ1v) is 17.8. The Morgan fingerprint density at radius 1 is 0.431 bits per heavy atom. The zero-order valence-corrected chi connectivity index (χ0v) is 29.0. The van der Waals surface area contributed by atoms with Crippen LogP contribution in [0, 0.1) is 0 Å². The average molecular weight is 658 g/mol. The first kappa shape index (κ1) is 28.6. The van der Waals surface area contributed by atoms with E-state index >= 15 is 0 Å². The zero-order valence-electron chi connectivity index (χ0n) is 29.0. The molecule has 0 fully saturated rings. The molecular formula is C46H35N5. The summed E-state index contributed by atoms with van der Waals surface area (Å²) in [5.74, 6) is 0. The smallest absolute Gasteiger partial charge is 0.145 e. The third-order valence-corrected chi connectivity index (χ3v) is 11.8. The SMILES string of the molecule is CC1(C)c2ccccc2N(c2cccc(-n3c4ccccc4c4cccnc43)c2)c2cc3c(cc21)C(C)(C)c1cccc2c4cccnc4n-3c12. The molecule has 244 valence electrons. The maximum Gasteiger partial charge on any atom is 0.145 e. The van der Waals surface area contributed by atoms with Crippen LogP contribution < -0.4 is 4.90 Å². The Balaban J connectivity index is 1.21. The van der Waals surface area contributed by atoms with Gasteiger partial charge in [-0.2, -0.15) is 0 Å². The fourth-order valence-corrected chi connectivity index (χ4v) is 9.30. The summed E-state index contributed by atoms with van der Waals surface area (Å²) in [4.78, 5) is 12.4. The maximum absolute atomic E-state index is 5.00. The molecule has 0 amide bonds. The standard InChI is InChI=1S/C46H35N5/c1-45(2)34-19-6-8-22-39(34)49(28-13-9-14-29(25-28)50-38-21-7-5-15-30(38)32-17-11-23-47-43(32)50)40-27-41-37(26-36(40)45)46(3,4)35-20-10-16-31-33-18-12-24-48-44(33)51(41)42(31)35/h5-27H,1-4H3. The van der Waals surface area contributed by atoms with E-state index < -0.39 is 0 Å². The predicted molar refractivity (Wildman–Crippen MR) is 210 cm³/mol. The van der Waals surface area contributed by atoms with E-state index in [4.69, 9.17) is 9.97 Å². The van der Waals surface area contributed by atoms with Gasteiger partial charge in [0.1, 0.15) is 11.3 Å². The van der Waals surface area contributed by atoms with Crippen LogP contribution in [0.5, 0.6) is 0 Å². The number of hydrogen-bond donors (Lipinski definition) is 0. The van der Waals surface area contributed by atoms with Crippen LogP contribution in [0.15, 0.2) is 140 Å². The fourth-order valence-electron chi connectivity index (χ4n) is 9.30. The number of para-hydroxylation sites is 3. The first-order chi connectivity index (χ1) is 24.8.